The maximum atomic E-state index is 5.29. The average Bonchev–Trinajstić information content (AvgIpc) is 2.39. The summed E-state index contributed by atoms with van der Waals surface area (Å²) in [5.74, 6) is 1.56. The SMILES string of the molecule is CCNC(c1ccc(OC)c(Br)c1)C(CC)CC. The van der Waals surface area contributed by atoms with E-state index in [9.17, 15) is 0 Å². The van der Waals surface area contributed by atoms with Crippen LogP contribution in [0.2, 0.25) is 0 Å². The third kappa shape index (κ3) is 3.72. The molecule has 0 bridgehead atoms. The molecule has 0 saturated carbocycles. The number of ether oxygens (including phenoxy) is 1. The third-order valence-electron chi connectivity index (χ3n) is 3.48. The molecule has 1 aromatic rings. The summed E-state index contributed by atoms with van der Waals surface area (Å²) in [5.41, 5.74) is 1.33. The zero-order chi connectivity index (χ0) is 13.5. The van der Waals surface area contributed by atoms with Gasteiger partial charge in [-0.15, -0.1) is 0 Å². The van der Waals surface area contributed by atoms with Gasteiger partial charge in [0.2, 0.25) is 0 Å². The first-order valence-corrected chi connectivity index (χ1v) is 7.53. The van der Waals surface area contributed by atoms with Gasteiger partial charge >= 0.3 is 0 Å². The Labute approximate surface area is 119 Å². The number of halogens is 1. The fraction of sp³-hybridized carbons (Fsp3) is 0.600. The Morgan fingerprint density at radius 2 is 1.89 bits per heavy atom. The van der Waals surface area contributed by atoms with Crippen molar-refractivity contribution in [2.75, 3.05) is 13.7 Å². The fourth-order valence-electron chi connectivity index (χ4n) is 2.41. The molecule has 1 unspecified atom stereocenters. The van der Waals surface area contributed by atoms with Crippen molar-refractivity contribution in [3.05, 3.63) is 28.2 Å². The summed E-state index contributed by atoms with van der Waals surface area (Å²) in [6.07, 6.45) is 2.38. The van der Waals surface area contributed by atoms with E-state index in [1.807, 2.05) is 6.07 Å². The molecular formula is C15H24BrNO. The van der Waals surface area contributed by atoms with Gasteiger partial charge in [-0.2, -0.15) is 0 Å². The van der Waals surface area contributed by atoms with E-state index in [0.717, 1.165) is 16.8 Å². The molecule has 0 aliphatic rings. The van der Waals surface area contributed by atoms with Gasteiger partial charge in [-0.1, -0.05) is 39.7 Å². The second-order valence-corrected chi connectivity index (χ2v) is 5.36. The summed E-state index contributed by atoms with van der Waals surface area (Å²) in [6.45, 7) is 7.67. The molecule has 0 amide bonds. The molecule has 0 fully saturated rings. The maximum absolute atomic E-state index is 5.29. The summed E-state index contributed by atoms with van der Waals surface area (Å²) in [4.78, 5) is 0. The first-order valence-electron chi connectivity index (χ1n) is 6.74. The van der Waals surface area contributed by atoms with Crippen molar-refractivity contribution in [2.45, 2.75) is 39.7 Å². The Hall–Kier alpha value is -0.540. The van der Waals surface area contributed by atoms with Gasteiger partial charge in [0.25, 0.3) is 0 Å². The monoisotopic (exact) mass is 313 g/mol. The topological polar surface area (TPSA) is 21.3 Å². The normalized spacial score (nSPS) is 12.8. The van der Waals surface area contributed by atoms with Gasteiger partial charge in [-0.05, 0) is 46.1 Å². The molecule has 1 N–H and O–H groups in total. The summed E-state index contributed by atoms with van der Waals surface area (Å²) < 4.78 is 6.31. The van der Waals surface area contributed by atoms with Crippen LogP contribution in [-0.4, -0.2) is 13.7 Å². The Morgan fingerprint density at radius 3 is 2.33 bits per heavy atom. The lowest BCUT2D eigenvalue weighted by Crippen LogP contribution is -2.27. The summed E-state index contributed by atoms with van der Waals surface area (Å²) in [7, 11) is 1.70. The number of hydrogen-bond acceptors (Lipinski definition) is 2. The standard InChI is InChI=1S/C15H24BrNO/c1-5-11(6-2)15(17-7-3)12-8-9-14(18-4)13(16)10-12/h8-11,15,17H,5-7H2,1-4H3. The number of methoxy groups -OCH3 is 1. The molecule has 1 rings (SSSR count). The van der Waals surface area contributed by atoms with E-state index in [1.165, 1.54) is 18.4 Å². The van der Waals surface area contributed by atoms with Crippen LogP contribution in [-0.2, 0) is 0 Å². The smallest absolute Gasteiger partial charge is 0.133 e. The molecule has 0 radical (unpaired) electrons. The van der Waals surface area contributed by atoms with Crippen molar-refractivity contribution < 1.29 is 4.74 Å². The van der Waals surface area contributed by atoms with E-state index in [0.29, 0.717) is 12.0 Å². The summed E-state index contributed by atoms with van der Waals surface area (Å²) >= 11 is 3.57. The zero-order valence-electron chi connectivity index (χ0n) is 11.8. The van der Waals surface area contributed by atoms with Crippen LogP contribution in [0.25, 0.3) is 0 Å². The van der Waals surface area contributed by atoms with E-state index in [4.69, 9.17) is 4.74 Å². The van der Waals surface area contributed by atoms with Crippen molar-refractivity contribution in [3.63, 3.8) is 0 Å². The van der Waals surface area contributed by atoms with Crippen molar-refractivity contribution >= 4 is 15.9 Å². The molecule has 2 nitrogen and oxygen atoms in total. The number of benzene rings is 1. The molecule has 3 heteroatoms. The van der Waals surface area contributed by atoms with Gasteiger partial charge in [-0.25, -0.2) is 0 Å². The van der Waals surface area contributed by atoms with Gasteiger partial charge in [0.05, 0.1) is 11.6 Å². The van der Waals surface area contributed by atoms with Gasteiger partial charge < -0.3 is 10.1 Å². The van der Waals surface area contributed by atoms with E-state index in [-0.39, 0.29) is 0 Å². The van der Waals surface area contributed by atoms with Crippen LogP contribution in [0, 0.1) is 5.92 Å². The molecule has 18 heavy (non-hydrogen) atoms. The van der Waals surface area contributed by atoms with Crippen molar-refractivity contribution in [2.24, 2.45) is 5.92 Å². The maximum Gasteiger partial charge on any atom is 0.133 e. The average molecular weight is 314 g/mol. The third-order valence-corrected chi connectivity index (χ3v) is 4.10. The van der Waals surface area contributed by atoms with Crippen molar-refractivity contribution in [1.82, 2.24) is 5.32 Å². The Kier molecular flexibility index (Phi) is 6.72. The quantitative estimate of drug-likeness (QED) is 0.797. The first kappa shape index (κ1) is 15.5. The Balaban J connectivity index is 3.01. The molecule has 0 aliphatic heterocycles. The van der Waals surface area contributed by atoms with Gasteiger partial charge in [0.1, 0.15) is 5.75 Å². The molecule has 1 atom stereocenters. The lowest BCUT2D eigenvalue weighted by Gasteiger charge is -2.27. The minimum Gasteiger partial charge on any atom is -0.496 e. The number of hydrogen-bond donors (Lipinski definition) is 1. The largest absolute Gasteiger partial charge is 0.496 e. The number of rotatable bonds is 7. The zero-order valence-corrected chi connectivity index (χ0v) is 13.4. The molecule has 0 aromatic heterocycles. The van der Waals surface area contributed by atoms with Crippen LogP contribution >= 0.6 is 15.9 Å². The molecule has 0 aliphatic carbocycles. The minimum atomic E-state index is 0.423. The highest BCUT2D eigenvalue weighted by molar-refractivity contribution is 9.10. The van der Waals surface area contributed by atoms with Gasteiger partial charge in [-0.3, -0.25) is 0 Å². The van der Waals surface area contributed by atoms with Crippen LogP contribution in [0.15, 0.2) is 22.7 Å². The molecule has 0 heterocycles. The van der Waals surface area contributed by atoms with E-state index in [1.54, 1.807) is 7.11 Å². The minimum absolute atomic E-state index is 0.423. The van der Waals surface area contributed by atoms with Crippen LogP contribution in [0.3, 0.4) is 0 Å². The summed E-state index contributed by atoms with van der Waals surface area (Å²) in [5, 5.41) is 3.60. The fourth-order valence-corrected chi connectivity index (χ4v) is 2.97. The Morgan fingerprint density at radius 1 is 1.22 bits per heavy atom. The predicted molar refractivity (Wildman–Crippen MR) is 81.2 cm³/mol. The first-order chi connectivity index (χ1) is 8.67. The molecule has 0 saturated heterocycles. The summed E-state index contributed by atoms with van der Waals surface area (Å²) in [6, 6.07) is 6.79. The van der Waals surface area contributed by atoms with Crippen molar-refractivity contribution in [1.29, 1.82) is 0 Å². The Bertz CT molecular complexity index is 364. The molecule has 1 aromatic carbocycles. The van der Waals surface area contributed by atoms with Gasteiger partial charge in [0, 0.05) is 6.04 Å². The second kappa shape index (κ2) is 7.80. The van der Waals surface area contributed by atoms with Crippen molar-refractivity contribution in [3.8, 4) is 5.75 Å². The highest BCUT2D eigenvalue weighted by Gasteiger charge is 2.20. The molecule has 102 valence electrons. The van der Waals surface area contributed by atoms with Crippen LogP contribution in [0.4, 0.5) is 0 Å². The highest BCUT2D eigenvalue weighted by atomic mass is 79.9. The number of nitrogens with one attached hydrogen (secondary N) is 1. The van der Waals surface area contributed by atoms with Crippen LogP contribution in [0.5, 0.6) is 5.75 Å². The van der Waals surface area contributed by atoms with E-state index in [2.05, 4.69) is 54.2 Å². The predicted octanol–water partition coefficient (Wildman–Crippen LogP) is 4.54. The molecular weight excluding hydrogens is 290 g/mol. The van der Waals surface area contributed by atoms with Gasteiger partial charge in [0.15, 0.2) is 0 Å². The van der Waals surface area contributed by atoms with E-state index >= 15 is 0 Å². The lowest BCUT2D eigenvalue weighted by molar-refractivity contribution is 0.346. The highest BCUT2D eigenvalue weighted by Crippen LogP contribution is 2.32. The lowest BCUT2D eigenvalue weighted by atomic mass is 9.89. The van der Waals surface area contributed by atoms with Crippen LogP contribution < -0.4 is 10.1 Å². The molecule has 0 spiro atoms. The van der Waals surface area contributed by atoms with E-state index < -0.39 is 0 Å². The van der Waals surface area contributed by atoms with Crippen LogP contribution in [0.1, 0.15) is 45.2 Å². The second-order valence-electron chi connectivity index (χ2n) is 4.51.